The smallest absolute Gasteiger partial charge is 0.296 e. The molecule has 0 saturated heterocycles. The van der Waals surface area contributed by atoms with Crippen LogP contribution in [0.5, 0.6) is 0 Å². The molecule has 0 spiro atoms. The van der Waals surface area contributed by atoms with Crippen molar-refractivity contribution in [2.75, 3.05) is 6.54 Å². The molecule has 0 radical (unpaired) electrons. The van der Waals surface area contributed by atoms with E-state index in [9.17, 15) is 8.42 Å². The Hall–Kier alpha value is -0.210. The van der Waals surface area contributed by atoms with E-state index in [1.807, 2.05) is 0 Å². The van der Waals surface area contributed by atoms with Crippen LogP contribution in [-0.2, 0) is 15.0 Å². The van der Waals surface area contributed by atoms with E-state index < -0.39 is 22.1 Å². The zero-order valence-corrected chi connectivity index (χ0v) is 5.21. The molecule has 0 aromatic rings. The molecule has 0 bridgehead atoms. The quantitative estimate of drug-likeness (QED) is 0.265. The van der Waals surface area contributed by atoms with Crippen molar-refractivity contribution in [3.05, 3.63) is 0 Å². The second kappa shape index (κ2) is 3.08. The zero-order chi connectivity index (χ0) is 7.49. The third-order valence-corrected chi connectivity index (χ3v) is 1.59. The summed E-state index contributed by atoms with van der Waals surface area (Å²) >= 11 is 0. The van der Waals surface area contributed by atoms with Crippen molar-refractivity contribution in [1.82, 2.24) is 0 Å². The molecule has 0 rings (SSSR count). The zero-order valence-electron chi connectivity index (χ0n) is 4.39. The third kappa shape index (κ3) is 2.72. The average molecular weight is 157 g/mol. The predicted molar refractivity (Wildman–Crippen MR) is 28.1 cm³/mol. The van der Waals surface area contributed by atoms with Crippen LogP contribution in [-0.4, -0.2) is 30.2 Å². The highest BCUT2D eigenvalue weighted by atomic mass is 32.2. The molecule has 0 aromatic heterocycles. The fourth-order valence-electron chi connectivity index (χ4n) is 0.219. The lowest BCUT2D eigenvalue weighted by molar-refractivity contribution is -0.254. The van der Waals surface area contributed by atoms with E-state index in [1.165, 1.54) is 0 Å². The summed E-state index contributed by atoms with van der Waals surface area (Å²) in [5.74, 6) is 0. The van der Waals surface area contributed by atoms with Gasteiger partial charge >= 0.3 is 0 Å². The molecule has 6 nitrogen and oxygen atoms in total. The van der Waals surface area contributed by atoms with Crippen LogP contribution in [0.1, 0.15) is 0 Å². The molecular formula is C2H7NO5S. The summed E-state index contributed by atoms with van der Waals surface area (Å²) in [5, 5.41) is 7.74. The van der Waals surface area contributed by atoms with Crippen LogP contribution in [0.3, 0.4) is 0 Å². The van der Waals surface area contributed by atoms with Crippen molar-refractivity contribution in [3.8, 4) is 0 Å². The van der Waals surface area contributed by atoms with Crippen molar-refractivity contribution in [3.63, 3.8) is 0 Å². The summed E-state index contributed by atoms with van der Waals surface area (Å²) in [5.41, 5.74) is 3.01. The van der Waals surface area contributed by atoms with Crippen LogP contribution in [0.4, 0.5) is 0 Å². The van der Waals surface area contributed by atoms with Crippen LogP contribution in [0.15, 0.2) is 0 Å². The van der Waals surface area contributed by atoms with Crippen molar-refractivity contribution in [1.29, 1.82) is 0 Å². The Kier molecular flexibility index (Phi) is 3.01. The largest absolute Gasteiger partial charge is 0.327 e. The Morgan fingerprint density at radius 2 is 2.11 bits per heavy atom. The fourth-order valence-corrected chi connectivity index (χ4v) is 0.571. The van der Waals surface area contributed by atoms with Crippen LogP contribution in [0.2, 0.25) is 0 Å². The molecule has 1 unspecified atom stereocenters. The fraction of sp³-hybridized carbons (Fsp3) is 1.00. The second-order valence-electron chi connectivity index (χ2n) is 1.29. The third-order valence-electron chi connectivity index (χ3n) is 0.642. The van der Waals surface area contributed by atoms with Gasteiger partial charge in [0.05, 0.1) is 0 Å². The number of hydrogen-bond acceptors (Lipinski definition) is 5. The van der Waals surface area contributed by atoms with Gasteiger partial charge in [0.25, 0.3) is 10.1 Å². The highest BCUT2D eigenvalue weighted by Gasteiger charge is 2.21. The Morgan fingerprint density at radius 3 is 2.11 bits per heavy atom. The standard InChI is InChI=1S/C2H7NO5S/c3-1-2(8-4)9(5,6)7/h2,4H,1,3H2,(H,5,6,7). The van der Waals surface area contributed by atoms with E-state index >= 15 is 0 Å². The molecule has 0 aliphatic heterocycles. The molecule has 56 valence electrons. The summed E-state index contributed by atoms with van der Waals surface area (Å²) in [7, 11) is -4.36. The highest BCUT2D eigenvalue weighted by molar-refractivity contribution is 7.86. The topological polar surface area (TPSA) is 110 Å². The average Bonchev–Trinajstić information content (AvgIpc) is 1.65. The Balaban J connectivity index is 4.14. The first-order valence-corrected chi connectivity index (χ1v) is 3.49. The van der Waals surface area contributed by atoms with Crippen molar-refractivity contribution in [2.45, 2.75) is 5.44 Å². The normalized spacial score (nSPS) is 15.4. The molecule has 9 heavy (non-hydrogen) atoms. The molecule has 1 atom stereocenters. The van der Waals surface area contributed by atoms with Crippen LogP contribution in [0, 0.1) is 0 Å². The molecular weight excluding hydrogens is 150 g/mol. The summed E-state index contributed by atoms with van der Waals surface area (Å²) < 4.78 is 28.1. The molecule has 0 heterocycles. The lowest BCUT2D eigenvalue weighted by atomic mass is 10.7. The molecule has 0 amide bonds. The van der Waals surface area contributed by atoms with E-state index in [0.29, 0.717) is 0 Å². The van der Waals surface area contributed by atoms with Gasteiger partial charge in [-0.2, -0.15) is 8.42 Å². The van der Waals surface area contributed by atoms with Gasteiger partial charge in [0.15, 0.2) is 0 Å². The van der Waals surface area contributed by atoms with Crippen molar-refractivity contribution >= 4 is 10.1 Å². The lowest BCUT2D eigenvalue weighted by Gasteiger charge is -2.04. The van der Waals surface area contributed by atoms with E-state index in [4.69, 9.17) is 15.5 Å². The monoisotopic (exact) mass is 157 g/mol. The van der Waals surface area contributed by atoms with Crippen molar-refractivity contribution < 1.29 is 23.1 Å². The number of rotatable bonds is 3. The SMILES string of the molecule is NCC(OO)S(=O)(=O)O. The first-order chi connectivity index (χ1) is 4.02. The predicted octanol–water partition coefficient (Wildman–Crippen LogP) is -1.35. The van der Waals surface area contributed by atoms with E-state index in [0.717, 1.165) is 0 Å². The summed E-state index contributed by atoms with van der Waals surface area (Å²) in [6.45, 7) is -0.491. The van der Waals surface area contributed by atoms with Gasteiger partial charge in [0.2, 0.25) is 5.44 Å². The summed E-state index contributed by atoms with van der Waals surface area (Å²) in [6.07, 6.45) is 0. The molecule has 0 aliphatic carbocycles. The van der Waals surface area contributed by atoms with Crippen molar-refractivity contribution in [2.24, 2.45) is 5.73 Å². The lowest BCUT2D eigenvalue weighted by Crippen LogP contribution is -2.30. The van der Waals surface area contributed by atoms with E-state index in [1.54, 1.807) is 0 Å². The Labute approximate surface area is 51.9 Å². The maximum atomic E-state index is 9.98. The minimum Gasteiger partial charge on any atom is -0.327 e. The van der Waals surface area contributed by atoms with Crippen LogP contribution >= 0.6 is 0 Å². The van der Waals surface area contributed by atoms with Gasteiger partial charge in [-0.25, -0.2) is 4.89 Å². The molecule has 0 fully saturated rings. The maximum Gasteiger partial charge on any atom is 0.296 e. The molecule has 4 N–H and O–H groups in total. The van der Waals surface area contributed by atoms with Gasteiger partial charge in [-0.1, -0.05) is 0 Å². The minimum absolute atomic E-state index is 0.491. The van der Waals surface area contributed by atoms with Gasteiger partial charge < -0.3 is 5.73 Å². The van der Waals surface area contributed by atoms with Gasteiger partial charge in [-0.05, 0) is 0 Å². The van der Waals surface area contributed by atoms with Gasteiger partial charge in [-0.15, -0.1) is 0 Å². The van der Waals surface area contributed by atoms with Crippen LogP contribution < -0.4 is 5.73 Å². The first kappa shape index (κ1) is 8.79. The van der Waals surface area contributed by atoms with Gasteiger partial charge in [-0.3, -0.25) is 9.81 Å². The summed E-state index contributed by atoms with van der Waals surface area (Å²) in [4.78, 5) is 3.30. The van der Waals surface area contributed by atoms with E-state index in [2.05, 4.69) is 4.89 Å². The molecule has 0 aromatic carbocycles. The van der Waals surface area contributed by atoms with E-state index in [-0.39, 0.29) is 0 Å². The van der Waals surface area contributed by atoms with Gasteiger partial charge in [0.1, 0.15) is 0 Å². The van der Waals surface area contributed by atoms with Crippen LogP contribution in [0.25, 0.3) is 0 Å². The first-order valence-electron chi connectivity index (χ1n) is 1.99. The summed E-state index contributed by atoms with van der Waals surface area (Å²) in [6, 6.07) is 0. The minimum atomic E-state index is -4.36. The Morgan fingerprint density at radius 1 is 1.67 bits per heavy atom. The maximum absolute atomic E-state index is 9.98. The second-order valence-corrected chi connectivity index (χ2v) is 2.84. The van der Waals surface area contributed by atoms with Gasteiger partial charge in [0, 0.05) is 6.54 Å². The highest BCUT2D eigenvalue weighted by Crippen LogP contribution is 1.94. The number of nitrogens with two attached hydrogens (primary N) is 1. The molecule has 7 heteroatoms. The molecule has 0 aliphatic rings. The Bertz CT molecular complexity index is 158. The number of hydrogen-bond donors (Lipinski definition) is 3. The molecule has 0 saturated carbocycles.